The highest BCUT2D eigenvalue weighted by atomic mass is 15.3. The van der Waals surface area contributed by atoms with Gasteiger partial charge < -0.3 is 9.80 Å². The lowest BCUT2D eigenvalue weighted by molar-refractivity contribution is 0.130. The SMILES string of the molecule is CC1CCCC2(C)c3cc(-c4ccc5c(c4)Cc4cc(-c6ccc7c(c6)C6(C)CCCC(C)C6(C)N7c6ccccc6)ccc4-5)ccc3N(c3ccccc3)C12C. The Balaban J connectivity index is 0.932. The van der Waals surface area contributed by atoms with Gasteiger partial charge in [-0.25, -0.2) is 0 Å². The van der Waals surface area contributed by atoms with E-state index < -0.39 is 0 Å². The van der Waals surface area contributed by atoms with Crippen molar-refractivity contribution < 1.29 is 0 Å². The molecule has 6 aromatic rings. The fourth-order valence-corrected chi connectivity index (χ4v) is 13.2. The molecule has 2 nitrogen and oxygen atoms in total. The molecule has 0 aromatic heterocycles. The maximum absolute atomic E-state index is 2.70. The van der Waals surface area contributed by atoms with Crippen molar-refractivity contribution in [2.45, 2.75) is 108 Å². The van der Waals surface area contributed by atoms with E-state index in [9.17, 15) is 0 Å². The molecular formula is C55H56N2. The summed E-state index contributed by atoms with van der Waals surface area (Å²) in [6, 6.07) is 51.5. The van der Waals surface area contributed by atoms with Crippen LogP contribution in [0.5, 0.6) is 0 Å². The predicted molar refractivity (Wildman–Crippen MR) is 240 cm³/mol. The Morgan fingerprint density at radius 3 is 1.26 bits per heavy atom. The van der Waals surface area contributed by atoms with Gasteiger partial charge in [-0.1, -0.05) is 125 Å². The highest BCUT2D eigenvalue weighted by Crippen LogP contribution is 2.64. The highest BCUT2D eigenvalue weighted by molar-refractivity contribution is 5.86. The first-order chi connectivity index (χ1) is 27.6. The van der Waals surface area contributed by atoms with Crippen molar-refractivity contribution in [2.24, 2.45) is 11.8 Å². The van der Waals surface area contributed by atoms with Crippen molar-refractivity contribution in [1.29, 1.82) is 0 Å². The number of benzene rings is 6. The average Bonchev–Trinajstić information content (AvgIpc) is 3.78. The zero-order chi connectivity index (χ0) is 38.9. The zero-order valence-corrected chi connectivity index (χ0v) is 34.7. The van der Waals surface area contributed by atoms with E-state index in [2.05, 4.69) is 185 Å². The summed E-state index contributed by atoms with van der Waals surface area (Å²) in [5.74, 6) is 1.19. The normalized spacial score (nSPS) is 29.3. The van der Waals surface area contributed by atoms with Crippen LogP contribution in [-0.2, 0) is 17.3 Å². The van der Waals surface area contributed by atoms with Crippen LogP contribution < -0.4 is 9.80 Å². The van der Waals surface area contributed by atoms with Gasteiger partial charge in [-0.2, -0.15) is 0 Å². The number of anilines is 4. The molecule has 2 heteroatoms. The van der Waals surface area contributed by atoms with Gasteiger partial charge in [0.05, 0.1) is 11.1 Å². The van der Waals surface area contributed by atoms with Gasteiger partial charge in [0.2, 0.25) is 0 Å². The fraction of sp³-hybridized carbons (Fsp3) is 0.345. The molecule has 11 rings (SSSR count). The lowest BCUT2D eigenvalue weighted by Gasteiger charge is -2.54. The van der Waals surface area contributed by atoms with E-state index in [-0.39, 0.29) is 21.9 Å². The van der Waals surface area contributed by atoms with Crippen molar-refractivity contribution in [3.05, 3.63) is 156 Å². The van der Waals surface area contributed by atoms with E-state index in [1.54, 1.807) is 0 Å². The van der Waals surface area contributed by atoms with Crippen LogP contribution in [-0.4, -0.2) is 11.1 Å². The zero-order valence-electron chi connectivity index (χ0n) is 34.7. The van der Waals surface area contributed by atoms with Gasteiger partial charge in [0.25, 0.3) is 0 Å². The third kappa shape index (κ3) is 4.59. The Morgan fingerprint density at radius 1 is 0.456 bits per heavy atom. The number of nitrogens with zero attached hydrogens (tertiary/aromatic N) is 2. The second kappa shape index (κ2) is 12.2. The topological polar surface area (TPSA) is 6.48 Å². The third-order valence-electron chi connectivity index (χ3n) is 17.0. The molecular weight excluding hydrogens is 689 g/mol. The Labute approximate surface area is 340 Å². The summed E-state index contributed by atoms with van der Waals surface area (Å²) in [4.78, 5) is 5.39. The van der Waals surface area contributed by atoms with Crippen molar-refractivity contribution >= 4 is 22.7 Å². The van der Waals surface area contributed by atoms with Crippen LogP contribution in [0.15, 0.2) is 133 Å². The van der Waals surface area contributed by atoms with Crippen LogP contribution in [0, 0.1) is 11.8 Å². The number of hydrogen-bond donors (Lipinski definition) is 0. The van der Waals surface area contributed by atoms with Crippen LogP contribution >= 0.6 is 0 Å². The summed E-state index contributed by atoms with van der Waals surface area (Å²) in [5.41, 5.74) is 19.7. The monoisotopic (exact) mass is 744 g/mol. The molecule has 0 N–H and O–H groups in total. The van der Waals surface area contributed by atoms with E-state index in [1.807, 2.05) is 0 Å². The molecule has 6 atom stereocenters. The first-order valence-corrected chi connectivity index (χ1v) is 21.8. The molecule has 57 heavy (non-hydrogen) atoms. The quantitative estimate of drug-likeness (QED) is 0.177. The molecule has 2 saturated carbocycles. The summed E-state index contributed by atoms with van der Waals surface area (Å²) in [5, 5.41) is 0. The van der Waals surface area contributed by atoms with E-state index in [0.29, 0.717) is 11.8 Å². The van der Waals surface area contributed by atoms with Crippen LogP contribution in [0.2, 0.25) is 0 Å². The molecule has 6 aromatic carbocycles. The van der Waals surface area contributed by atoms with Gasteiger partial charge in [0.15, 0.2) is 0 Å². The highest BCUT2D eigenvalue weighted by Gasteiger charge is 2.62. The van der Waals surface area contributed by atoms with Gasteiger partial charge in [-0.3, -0.25) is 0 Å². The molecule has 5 aliphatic rings. The first-order valence-electron chi connectivity index (χ1n) is 21.8. The number of hydrogen-bond acceptors (Lipinski definition) is 2. The van der Waals surface area contributed by atoms with Gasteiger partial charge in [-0.05, 0) is 162 Å². The van der Waals surface area contributed by atoms with Crippen LogP contribution in [0.3, 0.4) is 0 Å². The molecule has 2 fully saturated rings. The Hall–Kier alpha value is -5.08. The van der Waals surface area contributed by atoms with Crippen LogP contribution in [0.25, 0.3) is 33.4 Å². The standard InChI is InChI=1S/C55H56N2/c1-36-15-13-29-52(3)48-34-40(23-27-50(48)56(54(36,52)5)44-17-9-7-10-18-44)38-21-25-46-42(31-38)33-43-32-39(22-26-47(43)46)41-24-28-51-49(35-41)53(4)30-14-16-37(2)55(53,6)57(51)45-19-11-8-12-20-45/h7-12,17-28,31-32,34-37H,13-16,29-30,33H2,1-6H3. The van der Waals surface area contributed by atoms with Crippen LogP contribution in [0.1, 0.15) is 102 Å². The van der Waals surface area contributed by atoms with E-state index in [4.69, 9.17) is 0 Å². The molecule has 0 amide bonds. The fourth-order valence-electron chi connectivity index (χ4n) is 13.2. The van der Waals surface area contributed by atoms with E-state index in [1.165, 1.54) is 117 Å². The van der Waals surface area contributed by atoms with Gasteiger partial charge in [0.1, 0.15) is 0 Å². The smallest absolute Gasteiger partial charge is 0.0543 e. The number of para-hydroxylation sites is 2. The maximum Gasteiger partial charge on any atom is 0.0543 e. The van der Waals surface area contributed by atoms with E-state index >= 15 is 0 Å². The Morgan fingerprint density at radius 2 is 0.842 bits per heavy atom. The molecule has 0 radical (unpaired) electrons. The summed E-state index contributed by atoms with van der Waals surface area (Å²) in [7, 11) is 0. The van der Waals surface area contributed by atoms with Crippen molar-refractivity contribution in [2.75, 3.05) is 9.80 Å². The van der Waals surface area contributed by atoms with Crippen LogP contribution in [0.4, 0.5) is 22.7 Å². The minimum atomic E-state index is 0.0250. The molecule has 0 bridgehead atoms. The minimum Gasteiger partial charge on any atom is -0.334 e. The lowest BCUT2D eigenvalue weighted by Crippen LogP contribution is -2.59. The molecule has 0 spiro atoms. The molecule has 6 unspecified atom stereocenters. The largest absolute Gasteiger partial charge is 0.334 e. The summed E-state index contributed by atoms with van der Waals surface area (Å²) in [6.45, 7) is 15.2. The summed E-state index contributed by atoms with van der Waals surface area (Å²) in [6.07, 6.45) is 8.56. The molecule has 2 heterocycles. The predicted octanol–water partition coefficient (Wildman–Crippen LogP) is 14.6. The summed E-state index contributed by atoms with van der Waals surface area (Å²) < 4.78 is 0. The van der Waals surface area contributed by atoms with Crippen molar-refractivity contribution in [1.82, 2.24) is 0 Å². The van der Waals surface area contributed by atoms with Crippen molar-refractivity contribution in [3.8, 4) is 33.4 Å². The Kier molecular flexibility index (Phi) is 7.52. The average molecular weight is 745 g/mol. The Bertz CT molecular complexity index is 2390. The second-order valence-corrected chi connectivity index (χ2v) is 19.3. The lowest BCUT2D eigenvalue weighted by atomic mass is 9.57. The minimum absolute atomic E-state index is 0.0250. The third-order valence-corrected chi connectivity index (χ3v) is 17.0. The first kappa shape index (κ1) is 35.1. The second-order valence-electron chi connectivity index (χ2n) is 19.3. The summed E-state index contributed by atoms with van der Waals surface area (Å²) >= 11 is 0. The number of rotatable bonds is 4. The van der Waals surface area contributed by atoms with Gasteiger partial charge in [0, 0.05) is 33.6 Å². The van der Waals surface area contributed by atoms with E-state index in [0.717, 1.165) is 6.42 Å². The number of fused-ring (bicyclic) bond motifs is 9. The maximum atomic E-state index is 2.70. The van der Waals surface area contributed by atoms with Gasteiger partial charge in [-0.15, -0.1) is 0 Å². The van der Waals surface area contributed by atoms with Gasteiger partial charge >= 0.3 is 0 Å². The molecule has 3 aliphatic carbocycles. The molecule has 2 aliphatic heterocycles. The molecule has 286 valence electrons. The molecule has 0 saturated heterocycles. The van der Waals surface area contributed by atoms with Crippen molar-refractivity contribution in [3.63, 3.8) is 0 Å².